The van der Waals surface area contributed by atoms with Gasteiger partial charge in [0.1, 0.15) is 11.0 Å². The largest absolute Gasteiger partial charge is 0.472 e. The number of para-hydroxylation sites is 1. The molecule has 1 heterocycles. The van der Waals surface area contributed by atoms with Crippen molar-refractivity contribution in [1.82, 2.24) is 20.1 Å². The first-order chi connectivity index (χ1) is 12.2. The summed E-state index contributed by atoms with van der Waals surface area (Å²) < 4.78 is 2.02. The molecule has 0 amide bonds. The first-order valence-corrected chi connectivity index (χ1v) is 9.45. The minimum absolute atomic E-state index is 0.822. The lowest BCUT2D eigenvalue weighted by atomic mass is 10.2. The predicted molar refractivity (Wildman–Crippen MR) is 102 cm³/mol. The molecule has 1 aromatic carbocycles. The van der Waals surface area contributed by atoms with Crippen LogP contribution in [0.25, 0.3) is 11.0 Å². The van der Waals surface area contributed by atoms with Crippen molar-refractivity contribution in [2.24, 2.45) is 0 Å². The Labute approximate surface area is 151 Å². The third-order valence-electron chi connectivity index (χ3n) is 4.21. The van der Waals surface area contributed by atoms with Crippen LogP contribution in [0.4, 0.5) is 0 Å². The molecule has 138 valence electrons. The zero-order chi connectivity index (χ0) is 18.1. The molecular weight excluding hydrogens is 314 g/mol. The number of unbranched alkanes of at least 4 members (excludes halogenated alkanes) is 4. The van der Waals surface area contributed by atoms with Gasteiger partial charge in [-0.3, -0.25) is 4.84 Å². The van der Waals surface area contributed by atoms with Crippen LogP contribution < -0.4 is 4.84 Å². The highest BCUT2D eigenvalue weighted by molar-refractivity contribution is 5.75. The summed E-state index contributed by atoms with van der Waals surface area (Å²) in [5, 5.41) is 8.34. The molecular formula is C19H32N5O+. The van der Waals surface area contributed by atoms with Gasteiger partial charge in [-0.15, -0.1) is 5.10 Å². The Morgan fingerprint density at radius 1 is 1.04 bits per heavy atom. The summed E-state index contributed by atoms with van der Waals surface area (Å²) in [6.07, 6.45) is 7.24. The summed E-state index contributed by atoms with van der Waals surface area (Å²) in [5.74, 6) is 0. The minimum Gasteiger partial charge on any atom is -0.278 e. The molecule has 0 saturated heterocycles. The van der Waals surface area contributed by atoms with Gasteiger partial charge in [-0.2, -0.15) is 0 Å². The fraction of sp³-hybridized carbons (Fsp3) is 0.632. The quantitative estimate of drug-likeness (QED) is 0.303. The average Bonchev–Trinajstić information content (AvgIpc) is 3.02. The van der Waals surface area contributed by atoms with Crippen molar-refractivity contribution >= 4 is 17.1 Å². The highest BCUT2D eigenvalue weighted by atomic mass is 16.7. The summed E-state index contributed by atoms with van der Waals surface area (Å²) in [5.41, 5.74) is 1.72. The Morgan fingerprint density at radius 3 is 2.28 bits per heavy atom. The predicted octanol–water partition coefficient (Wildman–Crippen LogP) is 3.17. The van der Waals surface area contributed by atoms with Gasteiger partial charge in [0.05, 0.1) is 27.2 Å². The van der Waals surface area contributed by atoms with E-state index in [1.807, 2.05) is 42.9 Å². The van der Waals surface area contributed by atoms with Crippen LogP contribution in [0.5, 0.6) is 0 Å². The summed E-state index contributed by atoms with van der Waals surface area (Å²) in [4.78, 5) is 10.0. The number of nitrogens with zero attached hydrogens (tertiary/aromatic N) is 5. The number of rotatable bonds is 9. The van der Waals surface area contributed by atoms with E-state index in [1.54, 1.807) is 0 Å². The van der Waals surface area contributed by atoms with E-state index in [4.69, 9.17) is 4.84 Å². The topological polar surface area (TPSA) is 46.2 Å². The van der Waals surface area contributed by atoms with E-state index in [0.29, 0.717) is 0 Å². The van der Waals surface area contributed by atoms with Crippen LogP contribution in [-0.2, 0) is 0 Å². The number of amidine groups is 1. The molecule has 0 atom stereocenters. The molecule has 0 saturated carbocycles. The molecule has 1 aromatic heterocycles. The van der Waals surface area contributed by atoms with E-state index < -0.39 is 0 Å². The second kappa shape index (κ2) is 10.0. The van der Waals surface area contributed by atoms with Crippen molar-refractivity contribution in [3.8, 4) is 0 Å². The number of hydrogen-bond donors (Lipinski definition) is 0. The zero-order valence-electron chi connectivity index (χ0n) is 16.1. The van der Waals surface area contributed by atoms with Crippen LogP contribution in [0.2, 0.25) is 0 Å². The first-order valence-electron chi connectivity index (χ1n) is 9.45. The molecule has 0 aliphatic heterocycles. The van der Waals surface area contributed by atoms with Crippen molar-refractivity contribution in [1.29, 1.82) is 0 Å². The Bertz CT molecular complexity index is 665. The van der Waals surface area contributed by atoms with Gasteiger partial charge in [0, 0.05) is 0 Å². The minimum atomic E-state index is 0.822. The summed E-state index contributed by atoms with van der Waals surface area (Å²) in [6.45, 7) is 6.46. The second-order valence-corrected chi connectivity index (χ2v) is 6.62. The number of aromatic nitrogens is 3. The molecule has 0 radical (unpaired) electrons. The van der Waals surface area contributed by atoms with Gasteiger partial charge >= 0.3 is 6.02 Å². The normalized spacial score (nSPS) is 10.9. The molecule has 25 heavy (non-hydrogen) atoms. The highest BCUT2D eigenvalue weighted by Gasteiger charge is 2.24. The molecule has 0 fully saturated rings. The van der Waals surface area contributed by atoms with Gasteiger partial charge in [0.15, 0.2) is 0 Å². The Balaban J connectivity index is 2.18. The summed E-state index contributed by atoms with van der Waals surface area (Å²) >= 11 is 0. The van der Waals surface area contributed by atoms with Crippen LogP contribution >= 0.6 is 0 Å². The van der Waals surface area contributed by atoms with Crippen LogP contribution in [0.15, 0.2) is 24.3 Å². The van der Waals surface area contributed by atoms with Crippen molar-refractivity contribution in [3.05, 3.63) is 24.3 Å². The lowest BCUT2D eigenvalue weighted by molar-refractivity contribution is -0.481. The van der Waals surface area contributed by atoms with Crippen LogP contribution in [0.1, 0.15) is 52.4 Å². The van der Waals surface area contributed by atoms with Gasteiger partial charge in [-0.25, -0.2) is 9.48 Å². The second-order valence-electron chi connectivity index (χ2n) is 6.62. The van der Waals surface area contributed by atoms with Crippen molar-refractivity contribution in [2.75, 3.05) is 27.2 Å². The molecule has 6 heteroatoms. The molecule has 2 aromatic rings. The van der Waals surface area contributed by atoms with E-state index in [1.165, 1.54) is 43.4 Å². The van der Waals surface area contributed by atoms with Gasteiger partial charge in [-0.1, -0.05) is 43.7 Å². The number of benzene rings is 1. The Morgan fingerprint density at radius 2 is 1.68 bits per heavy atom. The molecule has 0 unspecified atom stereocenters. The van der Waals surface area contributed by atoms with Crippen molar-refractivity contribution < 1.29 is 9.41 Å². The van der Waals surface area contributed by atoms with Gasteiger partial charge in [0.25, 0.3) is 0 Å². The van der Waals surface area contributed by atoms with Gasteiger partial charge in [0.2, 0.25) is 0 Å². The number of fused-ring (bicyclic) bond motifs is 1. The summed E-state index contributed by atoms with van der Waals surface area (Å²) in [7, 11) is 4.03. The van der Waals surface area contributed by atoms with E-state index in [-0.39, 0.29) is 0 Å². The maximum absolute atomic E-state index is 6.16. The lowest BCUT2D eigenvalue weighted by Crippen LogP contribution is -2.44. The molecule has 0 bridgehead atoms. The number of hydrogen-bond acceptors (Lipinski definition) is 3. The molecule has 0 aliphatic rings. The Kier molecular flexibility index (Phi) is 7.70. The third-order valence-corrected chi connectivity index (χ3v) is 4.21. The first kappa shape index (κ1) is 19.2. The van der Waals surface area contributed by atoms with Crippen LogP contribution in [0.3, 0.4) is 0 Å². The van der Waals surface area contributed by atoms with Crippen molar-refractivity contribution in [2.45, 2.75) is 52.4 Å². The van der Waals surface area contributed by atoms with Crippen LogP contribution in [-0.4, -0.2) is 57.8 Å². The standard InChI is InChI=1S/C19H32N5O/c1-5-7-11-15-23(16-12-8-6-2)19(22(3)4)25-24-18-14-10-9-13-17(18)20-21-24/h9-10,13-14H,5-8,11-12,15-16H2,1-4H3/q+1. The van der Waals surface area contributed by atoms with Crippen molar-refractivity contribution in [3.63, 3.8) is 0 Å². The average molecular weight is 346 g/mol. The highest BCUT2D eigenvalue weighted by Crippen LogP contribution is 2.09. The van der Waals surface area contributed by atoms with E-state index in [2.05, 4.69) is 29.1 Å². The van der Waals surface area contributed by atoms with Crippen LogP contribution in [0, 0.1) is 0 Å². The third kappa shape index (κ3) is 5.44. The van der Waals surface area contributed by atoms with Gasteiger partial charge < -0.3 is 0 Å². The fourth-order valence-corrected chi connectivity index (χ4v) is 2.82. The van der Waals surface area contributed by atoms with E-state index >= 15 is 0 Å². The molecule has 6 nitrogen and oxygen atoms in total. The SMILES string of the molecule is CCCCCN(CCCCC)C(On1nnc2ccccc21)=[N+](C)C. The maximum atomic E-state index is 6.16. The van der Waals surface area contributed by atoms with Gasteiger partial charge in [-0.05, 0) is 43.0 Å². The Hall–Kier alpha value is -2.11. The molecule has 0 N–H and O–H groups in total. The monoisotopic (exact) mass is 346 g/mol. The summed E-state index contributed by atoms with van der Waals surface area (Å²) in [6, 6.07) is 8.67. The molecule has 0 aliphatic carbocycles. The van der Waals surface area contributed by atoms with E-state index in [0.717, 1.165) is 30.1 Å². The zero-order valence-corrected chi connectivity index (χ0v) is 16.1. The fourth-order valence-electron chi connectivity index (χ4n) is 2.82. The smallest absolute Gasteiger partial charge is 0.278 e. The molecule has 0 spiro atoms. The lowest BCUT2D eigenvalue weighted by Gasteiger charge is -2.19. The maximum Gasteiger partial charge on any atom is 0.472 e. The van der Waals surface area contributed by atoms with E-state index in [9.17, 15) is 0 Å². The molecule has 2 rings (SSSR count).